The molecule has 0 unspecified atom stereocenters. The minimum Gasteiger partial charge on any atom is -0.0845 e. The van der Waals surface area contributed by atoms with Gasteiger partial charge in [0.1, 0.15) is 0 Å². The van der Waals surface area contributed by atoms with Gasteiger partial charge in [0.05, 0.1) is 0 Å². The average molecular weight is 321 g/mol. The Bertz CT molecular complexity index is 456. The maximum Gasteiger partial charge on any atom is -0.0348 e. The third-order valence-corrected chi connectivity index (χ3v) is 3.71. The van der Waals surface area contributed by atoms with Gasteiger partial charge in [-0.05, 0) is 25.7 Å². The Morgan fingerprint density at radius 1 is 0.250 bits per heavy atom. The third-order valence-electron chi connectivity index (χ3n) is 3.71. The summed E-state index contributed by atoms with van der Waals surface area (Å²) in [6.45, 7) is 0. The molecule has 0 saturated heterocycles. The van der Waals surface area contributed by atoms with E-state index in [1.807, 2.05) is 36.5 Å². The van der Waals surface area contributed by atoms with Gasteiger partial charge in [-0.3, -0.25) is 0 Å². The quantitative estimate of drug-likeness (QED) is 0.431. The highest BCUT2D eigenvalue weighted by atomic mass is 14.0. The molecule has 0 aromatic heterocycles. The highest BCUT2D eigenvalue weighted by Gasteiger charge is 1.89. The first-order chi connectivity index (χ1) is 12.0. The molecule has 0 amide bonds. The Labute approximate surface area is 149 Å². The van der Waals surface area contributed by atoms with Crippen molar-refractivity contribution in [2.75, 3.05) is 0 Å². The summed E-state index contributed by atoms with van der Waals surface area (Å²) < 4.78 is 0. The molecule has 0 nitrogen and oxygen atoms in total. The number of allylic oxidation sites excluding steroid dienone is 16. The van der Waals surface area contributed by atoms with Crippen molar-refractivity contribution in [2.45, 2.75) is 51.4 Å². The Morgan fingerprint density at radius 2 is 0.500 bits per heavy atom. The van der Waals surface area contributed by atoms with Gasteiger partial charge >= 0.3 is 0 Å². The molecule has 1 aliphatic carbocycles. The van der Waals surface area contributed by atoms with Crippen LogP contribution >= 0.6 is 0 Å². The number of hydrogen-bond donors (Lipinski definition) is 0. The zero-order valence-corrected chi connectivity index (χ0v) is 14.9. The summed E-state index contributed by atoms with van der Waals surface area (Å²) in [4.78, 5) is 0. The molecule has 1 aliphatic rings. The van der Waals surface area contributed by atoms with E-state index >= 15 is 0 Å². The highest BCUT2D eigenvalue weighted by molar-refractivity contribution is 5.21. The first-order valence-corrected chi connectivity index (χ1v) is 9.32. The predicted molar refractivity (Wildman–Crippen MR) is 110 cm³/mol. The minimum absolute atomic E-state index is 1.20. The van der Waals surface area contributed by atoms with Crippen LogP contribution in [0.4, 0.5) is 0 Å². The summed E-state index contributed by atoms with van der Waals surface area (Å²) in [5, 5.41) is 0. The fourth-order valence-corrected chi connectivity index (χ4v) is 2.35. The standard InChI is InChI=1S/C24H32/c1-2-4-6-8-10-12-14-16-18-20-22-24-23-21-19-17-15-13-11-9-7-5-3-1/h1-16H,17-24H2/b3-1+,4-2+,7-5+,8-6+,11-9-,12-10-,15-13+,16-14?. The molecule has 0 heteroatoms. The molecular formula is C24H32. The lowest BCUT2D eigenvalue weighted by atomic mass is 10.1. The Hall–Kier alpha value is -2.08. The van der Waals surface area contributed by atoms with E-state index in [-0.39, 0.29) is 0 Å². The van der Waals surface area contributed by atoms with E-state index in [2.05, 4.69) is 60.8 Å². The smallest absolute Gasteiger partial charge is 0.0348 e. The zero-order valence-electron chi connectivity index (χ0n) is 14.9. The van der Waals surface area contributed by atoms with E-state index < -0.39 is 0 Å². The van der Waals surface area contributed by atoms with Crippen molar-refractivity contribution in [3.05, 3.63) is 97.2 Å². The van der Waals surface area contributed by atoms with Crippen LogP contribution in [0.25, 0.3) is 0 Å². The maximum atomic E-state index is 2.27. The van der Waals surface area contributed by atoms with Gasteiger partial charge in [-0.2, -0.15) is 0 Å². The Balaban J connectivity index is 2.42. The van der Waals surface area contributed by atoms with Crippen LogP contribution in [0.1, 0.15) is 51.4 Å². The van der Waals surface area contributed by atoms with E-state index in [9.17, 15) is 0 Å². The summed E-state index contributed by atoms with van der Waals surface area (Å²) in [5.41, 5.74) is 0. The molecule has 0 atom stereocenters. The van der Waals surface area contributed by atoms with Gasteiger partial charge in [-0.15, -0.1) is 0 Å². The van der Waals surface area contributed by atoms with Crippen LogP contribution in [0.15, 0.2) is 97.2 Å². The summed E-state index contributed by atoms with van der Waals surface area (Å²) in [7, 11) is 0. The van der Waals surface area contributed by atoms with Crippen molar-refractivity contribution in [3.8, 4) is 0 Å². The van der Waals surface area contributed by atoms with Crippen LogP contribution in [-0.2, 0) is 0 Å². The molecule has 0 saturated carbocycles. The molecular weight excluding hydrogens is 288 g/mol. The molecule has 0 N–H and O–H groups in total. The summed E-state index contributed by atoms with van der Waals surface area (Å²) in [6.07, 6.45) is 44.0. The SMILES string of the molecule is C1=CCCCCCCCC/C=C/C=C\C=C\C=C\C=C\C=C\C=C/1. The summed E-state index contributed by atoms with van der Waals surface area (Å²) in [6, 6.07) is 0. The van der Waals surface area contributed by atoms with Gasteiger partial charge in [-0.1, -0.05) is 123 Å². The summed E-state index contributed by atoms with van der Waals surface area (Å²) >= 11 is 0. The van der Waals surface area contributed by atoms with Crippen LogP contribution in [0.2, 0.25) is 0 Å². The minimum atomic E-state index is 1.20. The van der Waals surface area contributed by atoms with Crippen molar-refractivity contribution >= 4 is 0 Å². The monoisotopic (exact) mass is 320 g/mol. The topological polar surface area (TPSA) is 0 Å². The largest absolute Gasteiger partial charge is 0.0845 e. The number of hydrogen-bond acceptors (Lipinski definition) is 0. The fraction of sp³-hybridized carbons (Fsp3) is 0.333. The lowest BCUT2D eigenvalue weighted by Crippen LogP contribution is -1.79. The average Bonchev–Trinajstić information content (AvgIpc) is 2.59. The van der Waals surface area contributed by atoms with Crippen LogP contribution in [0.5, 0.6) is 0 Å². The van der Waals surface area contributed by atoms with Crippen LogP contribution in [0, 0.1) is 0 Å². The third kappa shape index (κ3) is 14.8. The second-order valence-electron chi connectivity index (χ2n) is 5.86. The molecule has 0 aliphatic heterocycles. The Kier molecular flexibility index (Phi) is 14.4. The van der Waals surface area contributed by atoms with E-state index in [1.165, 1.54) is 51.4 Å². The predicted octanol–water partition coefficient (Wildman–Crippen LogP) is 7.57. The van der Waals surface area contributed by atoms with Gasteiger partial charge in [0.15, 0.2) is 0 Å². The van der Waals surface area contributed by atoms with Crippen LogP contribution < -0.4 is 0 Å². The van der Waals surface area contributed by atoms with Crippen LogP contribution in [-0.4, -0.2) is 0 Å². The van der Waals surface area contributed by atoms with Crippen molar-refractivity contribution in [3.63, 3.8) is 0 Å². The van der Waals surface area contributed by atoms with E-state index in [1.54, 1.807) is 0 Å². The van der Waals surface area contributed by atoms with Crippen molar-refractivity contribution < 1.29 is 0 Å². The molecule has 0 radical (unpaired) electrons. The normalized spacial score (nSPS) is 28.0. The fourth-order valence-electron chi connectivity index (χ4n) is 2.35. The van der Waals surface area contributed by atoms with Gasteiger partial charge in [-0.25, -0.2) is 0 Å². The highest BCUT2D eigenvalue weighted by Crippen LogP contribution is 2.09. The molecule has 0 spiro atoms. The zero-order chi connectivity index (χ0) is 17.0. The molecule has 0 bridgehead atoms. The lowest BCUT2D eigenvalue weighted by Gasteiger charge is -1.99. The van der Waals surface area contributed by atoms with E-state index in [0.29, 0.717) is 0 Å². The second kappa shape index (κ2) is 17.3. The first-order valence-electron chi connectivity index (χ1n) is 9.32. The van der Waals surface area contributed by atoms with Gasteiger partial charge in [0.2, 0.25) is 0 Å². The number of rotatable bonds is 0. The van der Waals surface area contributed by atoms with E-state index in [4.69, 9.17) is 0 Å². The molecule has 1 rings (SSSR count). The van der Waals surface area contributed by atoms with Crippen molar-refractivity contribution in [1.82, 2.24) is 0 Å². The Morgan fingerprint density at radius 3 is 0.833 bits per heavy atom. The van der Waals surface area contributed by atoms with Crippen molar-refractivity contribution in [1.29, 1.82) is 0 Å². The molecule has 24 heavy (non-hydrogen) atoms. The first kappa shape index (κ1) is 20.0. The van der Waals surface area contributed by atoms with E-state index in [0.717, 1.165) is 0 Å². The molecule has 0 fully saturated rings. The van der Waals surface area contributed by atoms with Gasteiger partial charge in [0.25, 0.3) is 0 Å². The summed E-state index contributed by atoms with van der Waals surface area (Å²) in [5.74, 6) is 0. The van der Waals surface area contributed by atoms with Crippen molar-refractivity contribution in [2.24, 2.45) is 0 Å². The lowest BCUT2D eigenvalue weighted by molar-refractivity contribution is 0.600. The maximum absolute atomic E-state index is 2.27. The van der Waals surface area contributed by atoms with Crippen LogP contribution in [0.3, 0.4) is 0 Å². The molecule has 0 heterocycles. The second-order valence-corrected chi connectivity index (χ2v) is 5.86. The molecule has 0 aromatic carbocycles. The molecule has 0 aromatic rings. The molecule has 128 valence electrons. The van der Waals surface area contributed by atoms with Gasteiger partial charge < -0.3 is 0 Å². The van der Waals surface area contributed by atoms with Gasteiger partial charge in [0, 0.05) is 0 Å².